The number of unbranched alkanes of at least 4 members (excludes halogenated alkanes) is 1. The number of ether oxygens (including phenoxy) is 1. The van der Waals surface area contributed by atoms with E-state index < -0.39 is 24.2 Å². The molecule has 17 heavy (non-hydrogen) atoms. The fourth-order valence-corrected chi connectivity index (χ4v) is 1.23. The van der Waals surface area contributed by atoms with E-state index in [1.165, 1.54) is 6.08 Å². The Hall–Kier alpha value is -1.56. The Bertz CT molecular complexity index is 267. The van der Waals surface area contributed by atoms with E-state index in [2.05, 4.69) is 16.6 Å². The molecule has 0 aromatic rings. The first-order valence-electron chi connectivity index (χ1n) is 5.48. The lowest BCUT2D eigenvalue weighted by Gasteiger charge is -2.20. The van der Waals surface area contributed by atoms with Gasteiger partial charge in [0, 0.05) is 0 Å². The third-order valence-corrected chi connectivity index (χ3v) is 2.14. The van der Waals surface area contributed by atoms with Crippen LogP contribution in [0.15, 0.2) is 12.7 Å². The van der Waals surface area contributed by atoms with Crippen molar-refractivity contribution in [2.24, 2.45) is 0 Å². The summed E-state index contributed by atoms with van der Waals surface area (Å²) in [6.45, 7) is 5.34. The van der Waals surface area contributed by atoms with Crippen molar-refractivity contribution in [3.05, 3.63) is 12.7 Å². The second-order valence-corrected chi connectivity index (χ2v) is 3.56. The summed E-state index contributed by atoms with van der Waals surface area (Å²) in [4.78, 5) is 21.9. The highest BCUT2D eigenvalue weighted by atomic mass is 16.5. The highest BCUT2D eigenvalue weighted by Gasteiger charge is 2.27. The van der Waals surface area contributed by atoms with Crippen LogP contribution in [0.25, 0.3) is 0 Å². The minimum absolute atomic E-state index is 0.0372. The van der Waals surface area contributed by atoms with Crippen LogP contribution in [-0.4, -0.2) is 41.0 Å². The Kier molecular flexibility index (Phi) is 7.79. The maximum atomic E-state index is 11.2. The van der Waals surface area contributed by atoms with Gasteiger partial charge in [0.1, 0.15) is 6.61 Å². The average molecular weight is 245 g/mol. The minimum atomic E-state index is -1.63. The summed E-state index contributed by atoms with van der Waals surface area (Å²) >= 11 is 0. The fourth-order valence-electron chi connectivity index (χ4n) is 1.23. The summed E-state index contributed by atoms with van der Waals surface area (Å²) in [5.41, 5.74) is 0. The lowest BCUT2D eigenvalue weighted by atomic mass is 10.0. The summed E-state index contributed by atoms with van der Waals surface area (Å²) in [5.74, 6) is -1.37. The summed E-state index contributed by atoms with van der Waals surface area (Å²) in [5, 5.41) is 20.4. The molecular formula is C11H19NO5. The van der Waals surface area contributed by atoms with E-state index in [9.17, 15) is 14.7 Å². The Morgan fingerprint density at radius 2 is 2.18 bits per heavy atom. The SMILES string of the molecule is C=CCOC(=O)NC(CCCC)C(O)C(=O)O. The molecule has 98 valence electrons. The number of carbonyl (C=O) groups excluding carboxylic acids is 1. The lowest BCUT2D eigenvalue weighted by Crippen LogP contribution is -2.47. The standard InChI is InChI=1S/C11H19NO5/c1-3-5-6-8(9(13)10(14)15)12-11(16)17-7-4-2/h4,8-9,13H,2-3,5-7H2,1H3,(H,12,16)(H,14,15). The normalized spacial score (nSPS) is 13.5. The van der Waals surface area contributed by atoms with Crippen molar-refractivity contribution in [2.75, 3.05) is 6.61 Å². The van der Waals surface area contributed by atoms with E-state index in [-0.39, 0.29) is 6.61 Å². The quantitative estimate of drug-likeness (QED) is 0.552. The van der Waals surface area contributed by atoms with Gasteiger partial charge >= 0.3 is 12.1 Å². The topological polar surface area (TPSA) is 95.9 Å². The van der Waals surface area contributed by atoms with Crippen molar-refractivity contribution in [3.8, 4) is 0 Å². The number of aliphatic carboxylic acids is 1. The molecule has 0 aliphatic rings. The van der Waals surface area contributed by atoms with Crippen molar-refractivity contribution >= 4 is 12.1 Å². The zero-order chi connectivity index (χ0) is 13.3. The average Bonchev–Trinajstić information content (AvgIpc) is 2.30. The van der Waals surface area contributed by atoms with Crippen LogP contribution in [0.5, 0.6) is 0 Å². The molecule has 2 unspecified atom stereocenters. The van der Waals surface area contributed by atoms with Gasteiger partial charge in [0.25, 0.3) is 0 Å². The second-order valence-electron chi connectivity index (χ2n) is 3.56. The number of rotatable bonds is 8. The molecule has 0 aromatic carbocycles. The Morgan fingerprint density at radius 1 is 1.53 bits per heavy atom. The van der Waals surface area contributed by atoms with E-state index in [0.717, 1.165) is 6.42 Å². The van der Waals surface area contributed by atoms with Crippen LogP contribution in [0.1, 0.15) is 26.2 Å². The number of hydrogen-bond acceptors (Lipinski definition) is 4. The van der Waals surface area contributed by atoms with Crippen LogP contribution >= 0.6 is 0 Å². The molecule has 0 heterocycles. The van der Waals surface area contributed by atoms with Crippen molar-refractivity contribution < 1.29 is 24.5 Å². The van der Waals surface area contributed by atoms with Gasteiger partial charge in [0.2, 0.25) is 0 Å². The number of carboxylic acids is 1. The fraction of sp³-hybridized carbons (Fsp3) is 0.636. The third-order valence-electron chi connectivity index (χ3n) is 2.14. The van der Waals surface area contributed by atoms with Crippen LogP contribution in [0, 0.1) is 0 Å². The van der Waals surface area contributed by atoms with E-state index in [4.69, 9.17) is 5.11 Å². The van der Waals surface area contributed by atoms with Gasteiger partial charge in [-0.25, -0.2) is 9.59 Å². The van der Waals surface area contributed by atoms with E-state index >= 15 is 0 Å². The molecular weight excluding hydrogens is 226 g/mol. The lowest BCUT2D eigenvalue weighted by molar-refractivity contribution is -0.148. The van der Waals surface area contributed by atoms with Crippen LogP contribution < -0.4 is 5.32 Å². The highest BCUT2D eigenvalue weighted by molar-refractivity contribution is 5.75. The molecule has 0 fully saturated rings. The molecule has 6 heteroatoms. The zero-order valence-corrected chi connectivity index (χ0v) is 9.89. The molecule has 2 atom stereocenters. The Morgan fingerprint density at radius 3 is 2.65 bits per heavy atom. The summed E-state index contributed by atoms with van der Waals surface area (Å²) < 4.78 is 4.66. The number of carbonyl (C=O) groups is 2. The summed E-state index contributed by atoms with van der Waals surface area (Å²) in [6.07, 6.45) is 0.939. The van der Waals surface area contributed by atoms with Gasteiger partial charge in [-0.05, 0) is 6.42 Å². The van der Waals surface area contributed by atoms with Crippen LogP contribution in [0.4, 0.5) is 4.79 Å². The summed E-state index contributed by atoms with van der Waals surface area (Å²) in [7, 11) is 0. The maximum absolute atomic E-state index is 11.2. The first kappa shape index (κ1) is 15.4. The number of aliphatic hydroxyl groups excluding tert-OH is 1. The minimum Gasteiger partial charge on any atom is -0.479 e. The Balaban J connectivity index is 4.31. The van der Waals surface area contributed by atoms with Crippen LogP contribution in [0.2, 0.25) is 0 Å². The predicted molar refractivity (Wildman–Crippen MR) is 61.6 cm³/mol. The van der Waals surface area contributed by atoms with E-state index in [1.807, 2.05) is 6.92 Å². The van der Waals surface area contributed by atoms with Crippen LogP contribution in [-0.2, 0) is 9.53 Å². The van der Waals surface area contributed by atoms with Gasteiger partial charge in [-0.15, -0.1) is 0 Å². The largest absolute Gasteiger partial charge is 0.479 e. The molecule has 0 radical (unpaired) electrons. The van der Waals surface area contributed by atoms with Gasteiger partial charge < -0.3 is 20.3 Å². The van der Waals surface area contributed by atoms with Gasteiger partial charge in [-0.3, -0.25) is 0 Å². The highest BCUT2D eigenvalue weighted by Crippen LogP contribution is 2.06. The van der Waals surface area contributed by atoms with Crippen molar-refractivity contribution in [1.29, 1.82) is 0 Å². The molecule has 1 amide bonds. The van der Waals surface area contributed by atoms with Gasteiger partial charge in [-0.1, -0.05) is 32.4 Å². The Labute approximate surface area is 100 Å². The van der Waals surface area contributed by atoms with Crippen molar-refractivity contribution in [1.82, 2.24) is 5.32 Å². The predicted octanol–water partition coefficient (Wildman–Crippen LogP) is 0.903. The zero-order valence-electron chi connectivity index (χ0n) is 9.89. The first-order valence-corrected chi connectivity index (χ1v) is 5.48. The van der Waals surface area contributed by atoms with Gasteiger partial charge in [-0.2, -0.15) is 0 Å². The van der Waals surface area contributed by atoms with E-state index in [1.54, 1.807) is 0 Å². The number of nitrogens with one attached hydrogen (secondary N) is 1. The molecule has 0 aromatic heterocycles. The van der Waals surface area contributed by atoms with Crippen LogP contribution in [0.3, 0.4) is 0 Å². The van der Waals surface area contributed by atoms with E-state index in [0.29, 0.717) is 12.8 Å². The molecule has 0 saturated carbocycles. The number of carboxylic acid groups (broad SMARTS) is 1. The molecule has 0 saturated heterocycles. The number of alkyl carbamates (subject to hydrolysis) is 1. The monoisotopic (exact) mass is 245 g/mol. The van der Waals surface area contributed by atoms with Gasteiger partial charge in [0.05, 0.1) is 6.04 Å². The molecule has 0 rings (SSSR count). The maximum Gasteiger partial charge on any atom is 0.407 e. The summed E-state index contributed by atoms with van der Waals surface area (Å²) in [6, 6.07) is -0.843. The van der Waals surface area contributed by atoms with Crippen molar-refractivity contribution in [2.45, 2.75) is 38.3 Å². The number of hydrogen-bond donors (Lipinski definition) is 3. The molecule has 0 aliphatic carbocycles. The third kappa shape index (κ3) is 6.57. The number of amides is 1. The molecule has 0 spiro atoms. The smallest absolute Gasteiger partial charge is 0.407 e. The molecule has 0 aliphatic heterocycles. The molecule has 6 nitrogen and oxygen atoms in total. The first-order chi connectivity index (χ1) is 8.02. The molecule has 0 bridgehead atoms. The van der Waals surface area contributed by atoms with Gasteiger partial charge in [0.15, 0.2) is 6.10 Å². The number of aliphatic hydroxyl groups is 1. The second kappa shape index (κ2) is 8.58. The molecule has 3 N–H and O–H groups in total. The van der Waals surface area contributed by atoms with Crippen molar-refractivity contribution in [3.63, 3.8) is 0 Å².